The van der Waals surface area contributed by atoms with Crippen LogP contribution in [0.3, 0.4) is 0 Å². The molecule has 2 heteroatoms. The van der Waals surface area contributed by atoms with Crippen molar-refractivity contribution in [1.82, 2.24) is 5.32 Å². The second kappa shape index (κ2) is 7.03. The largest absolute Gasteiger partial charge is 0.307 e. The van der Waals surface area contributed by atoms with E-state index in [2.05, 4.69) is 50.4 Å². The molecule has 1 aromatic rings. The summed E-state index contributed by atoms with van der Waals surface area (Å²) in [4.78, 5) is 0. The Kier molecular flexibility index (Phi) is 6.01. The molecule has 0 amide bonds. The molecule has 1 atom stereocenters. The molecule has 0 aliphatic heterocycles. The van der Waals surface area contributed by atoms with Gasteiger partial charge in [-0.2, -0.15) is 0 Å². The van der Waals surface area contributed by atoms with Crippen molar-refractivity contribution in [3.63, 3.8) is 0 Å². The average molecular weight is 254 g/mol. The standard InChI is InChI=1S/C15H24ClN/c1-4-13-6-8-14(9-7-13)12-17-15(3,5-2)10-11-16/h6-9,17H,4-5,10-12H2,1-3H3. The SMILES string of the molecule is CCc1ccc(CNC(C)(CC)CCCl)cc1. The van der Waals surface area contributed by atoms with E-state index in [1.807, 2.05) is 0 Å². The van der Waals surface area contributed by atoms with E-state index in [4.69, 9.17) is 11.6 Å². The molecular formula is C15H24ClN. The van der Waals surface area contributed by atoms with Crippen molar-refractivity contribution >= 4 is 11.6 Å². The summed E-state index contributed by atoms with van der Waals surface area (Å²) in [6.45, 7) is 7.56. The number of alkyl halides is 1. The predicted octanol–water partition coefficient (Wildman–Crippen LogP) is 4.14. The Labute approximate surface area is 111 Å². The van der Waals surface area contributed by atoms with E-state index in [1.165, 1.54) is 11.1 Å². The number of benzene rings is 1. The highest BCUT2D eigenvalue weighted by atomic mass is 35.5. The summed E-state index contributed by atoms with van der Waals surface area (Å²) in [5, 5.41) is 3.62. The van der Waals surface area contributed by atoms with Gasteiger partial charge in [-0.1, -0.05) is 38.1 Å². The molecule has 0 radical (unpaired) electrons. The first-order chi connectivity index (χ1) is 8.13. The van der Waals surface area contributed by atoms with Crippen LogP contribution in [0.25, 0.3) is 0 Å². The third-order valence-corrected chi connectivity index (χ3v) is 3.77. The third-order valence-electron chi connectivity index (χ3n) is 3.58. The van der Waals surface area contributed by atoms with Crippen molar-refractivity contribution in [3.05, 3.63) is 35.4 Å². The highest BCUT2D eigenvalue weighted by molar-refractivity contribution is 6.17. The Morgan fingerprint density at radius 3 is 2.18 bits per heavy atom. The molecule has 17 heavy (non-hydrogen) atoms. The zero-order valence-electron chi connectivity index (χ0n) is 11.2. The van der Waals surface area contributed by atoms with E-state index in [9.17, 15) is 0 Å². The maximum Gasteiger partial charge on any atom is 0.0240 e. The number of halogens is 1. The van der Waals surface area contributed by atoms with Crippen molar-refractivity contribution in [1.29, 1.82) is 0 Å². The van der Waals surface area contributed by atoms with Crippen molar-refractivity contribution in [3.8, 4) is 0 Å². The number of rotatable bonds is 7. The topological polar surface area (TPSA) is 12.0 Å². The third kappa shape index (κ3) is 4.69. The first-order valence-electron chi connectivity index (χ1n) is 6.52. The van der Waals surface area contributed by atoms with Gasteiger partial charge in [0, 0.05) is 18.0 Å². The van der Waals surface area contributed by atoms with Gasteiger partial charge in [0.1, 0.15) is 0 Å². The maximum atomic E-state index is 5.85. The van der Waals surface area contributed by atoms with Gasteiger partial charge < -0.3 is 5.32 Å². The lowest BCUT2D eigenvalue weighted by molar-refractivity contribution is 0.331. The maximum absolute atomic E-state index is 5.85. The minimum atomic E-state index is 0.158. The molecule has 0 saturated carbocycles. The Morgan fingerprint density at radius 1 is 1.12 bits per heavy atom. The number of nitrogens with one attached hydrogen (secondary N) is 1. The second-order valence-electron chi connectivity index (χ2n) is 4.88. The van der Waals surface area contributed by atoms with Gasteiger partial charge in [-0.3, -0.25) is 0 Å². The van der Waals surface area contributed by atoms with Crippen molar-refractivity contribution < 1.29 is 0 Å². The van der Waals surface area contributed by atoms with E-state index in [0.717, 1.165) is 25.8 Å². The van der Waals surface area contributed by atoms with Crippen LogP contribution in [0.15, 0.2) is 24.3 Å². The van der Waals surface area contributed by atoms with E-state index in [-0.39, 0.29) is 5.54 Å². The van der Waals surface area contributed by atoms with Crippen LogP contribution in [-0.4, -0.2) is 11.4 Å². The first-order valence-corrected chi connectivity index (χ1v) is 7.06. The fraction of sp³-hybridized carbons (Fsp3) is 0.600. The second-order valence-corrected chi connectivity index (χ2v) is 5.25. The van der Waals surface area contributed by atoms with Crippen molar-refractivity contribution in [2.24, 2.45) is 0 Å². The Bertz CT molecular complexity index is 320. The highest BCUT2D eigenvalue weighted by Crippen LogP contribution is 2.16. The summed E-state index contributed by atoms with van der Waals surface area (Å²) in [7, 11) is 0. The molecule has 0 spiro atoms. The fourth-order valence-electron chi connectivity index (χ4n) is 1.81. The van der Waals surface area contributed by atoms with Gasteiger partial charge >= 0.3 is 0 Å². The van der Waals surface area contributed by atoms with Crippen molar-refractivity contribution in [2.75, 3.05) is 5.88 Å². The van der Waals surface area contributed by atoms with Crippen LogP contribution in [0.1, 0.15) is 44.7 Å². The summed E-state index contributed by atoms with van der Waals surface area (Å²) < 4.78 is 0. The summed E-state index contributed by atoms with van der Waals surface area (Å²) in [6, 6.07) is 8.84. The van der Waals surface area contributed by atoms with Gasteiger partial charge in [0.25, 0.3) is 0 Å². The minimum absolute atomic E-state index is 0.158. The molecule has 1 nitrogen and oxygen atoms in total. The zero-order chi connectivity index (χ0) is 12.7. The molecule has 1 aromatic carbocycles. The number of aryl methyl sites for hydroxylation is 1. The van der Waals surface area contributed by atoms with Crippen LogP contribution in [0.5, 0.6) is 0 Å². The number of hydrogen-bond acceptors (Lipinski definition) is 1. The van der Waals surface area contributed by atoms with E-state index >= 15 is 0 Å². The fourth-order valence-corrected chi connectivity index (χ4v) is 2.22. The van der Waals surface area contributed by atoms with E-state index in [1.54, 1.807) is 0 Å². The molecule has 0 aromatic heterocycles. The van der Waals surface area contributed by atoms with Crippen LogP contribution in [0, 0.1) is 0 Å². The summed E-state index contributed by atoms with van der Waals surface area (Å²) in [5.41, 5.74) is 2.90. The Hall–Kier alpha value is -0.530. The molecule has 0 fully saturated rings. The lowest BCUT2D eigenvalue weighted by Gasteiger charge is -2.29. The van der Waals surface area contributed by atoms with E-state index in [0.29, 0.717) is 5.88 Å². The molecule has 0 aliphatic rings. The van der Waals surface area contributed by atoms with Gasteiger partial charge in [0.15, 0.2) is 0 Å². The number of hydrogen-bond donors (Lipinski definition) is 1. The Morgan fingerprint density at radius 2 is 1.71 bits per heavy atom. The summed E-state index contributed by atoms with van der Waals surface area (Å²) >= 11 is 5.85. The lowest BCUT2D eigenvalue weighted by atomic mass is 9.95. The van der Waals surface area contributed by atoms with Crippen LogP contribution in [0.4, 0.5) is 0 Å². The molecule has 96 valence electrons. The quantitative estimate of drug-likeness (QED) is 0.721. The monoisotopic (exact) mass is 253 g/mol. The molecule has 0 saturated heterocycles. The molecule has 0 heterocycles. The van der Waals surface area contributed by atoms with Gasteiger partial charge in [0.05, 0.1) is 0 Å². The Balaban J connectivity index is 2.53. The highest BCUT2D eigenvalue weighted by Gasteiger charge is 2.19. The van der Waals surface area contributed by atoms with Crippen molar-refractivity contribution in [2.45, 2.75) is 52.1 Å². The zero-order valence-corrected chi connectivity index (χ0v) is 12.0. The smallest absolute Gasteiger partial charge is 0.0240 e. The summed E-state index contributed by atoms with van der Waals surface area (Å²) in [6.07, 6.45) is 3.22. The van der Waals surface area contributed by atoms with Crippen LogP contribution in [0.2, 0.25) is 0 Å². The van der Waals surface area contributed by atoms with E-state index < -0.39 is 0 Å². The molecular weight excluding hydrogens is 230 g/mol. The molecule has 1 unspecified atom stereocenters. The van der Waals surface area contributed by atoms with Gasteiger partial charge in [-0.25, -0.2) is 0 Å². The molecule has 1 rings (SSSR count). The minimum Gasteiger partial charge on any atom is -0.307 e. The molecule has 0 aliphatic carbocycles. The van der Waals surface area contributed by atoms with Crippen LogP contribution < -0.4 is 5.32 Å². The van der Waals surface area contributed by atoms with Crippen LogP contribution in [-0.2, 0) is 13.0 Å². The normalized spacial score (nSPS) is 14.6. The summed E-state index contributed by atoms with van der Waals surface area (Å²) in [5.74, 6) is 0.714. The van der Waals surface area contributed by atoms with Gasteiger partial charge in [-0.05, 0) is 37.3 Å². The lowest BCUT2D eigenvalue weighted by Crippen LogP contribution is -2.41. The predicted molar refractivity (Wildman–Crippen MR) is 76.7 cm³/mol. The molecule has 1 N–H and O–H groups in total. The van der Waals surface area contributed by atoms with Gasteiger partial charge in [-0.15, -0.1) is 11.6 Å². The van der Waals surface area contributed by atoms with Gasteiger partial charge in [0.2, 0.25) is 0 Å². The van der Waals surface area contributed by atoms with Crippen LogP contribution >= 0.6 is 11.6 Å². The first kappa shape index (κ1) is 14.5. The average Bonchev–Trinajstić information content (AvgIpc) is 2.37. The molecule has 0 bridgehead atoms.